The van der Waals surface area contributed by atoms with E-state index in [2.05, 4.69) is 5.32 Å². The summed E-state index contributed by atoms with van der Waals surface area (Å²) in [6.07, 6.45) is 1.33. The molecule has 1 aliphatic rings. The Morgan fingerprint density at radius 2 is 2.18 bits per heavy atom. The summed E-state index contributed by atoms with van der Waals surface area (Å²) in [5, 5.41) is 21.5. The topological polar surface area (TPSA) is 69.6 Å². The van der Waals surface area contributed by atoms with Gasteiger partial charge in [0, 0.05) is 17.7 Å². The molecule has 0 aliphatic heterocycles. The lowest BCUT2D eigenvalue weighted by atomic mass is 9.82. The van der Waals surface area contributed by atoms with Crippen LogP contribution in [0.4, 0.5) is 0 Å². The van der Waals surface area contributed by atoms with Crippen LogP contribution in [-0.2, 0) is 0 Å². The van der Waals surface area contributed by atoms with Crippen LogP contribution >= 0.6 is 0 Å². The first-order valence-corrected chi connectivity index (χ1v) is 5.82. The minimum absolute atomic E-state index is 0.136. The first kappa shape index (κ1) is 11.9. The molecule has 17 heavy (non-hydrogen) atoms. The third-order valence-corrected chi connectivity index (χ3v) is 3.31. The summed E-state index contributed by atoms with van der Waals surface area (Å²) in [6.45, 7) is 2.31. The fraction of sp³-hybridized carbons (Fsp3) is 0.462. The molecule has 1 amide bonds. The van der Waals surface area contributed by atoms with Crippen LogP contribution in [-0.4, -0.2) is 28.8 Å². The number of aliphatic hydroxyl groups is 1. The molecule has 0 heterocycles. The number of aromatic hydroxyl groups is 1. The SMILES string of the molecule is Cc1c(O)cccc1C(=O)NCC1CC(O)C1. The van der Waals surface area contributed by atoms with Gasteiger partial charge in [-0.25, -0.2) is 0 Å². The van der Waals surface area contributed by atoms with E-state index in [4.69, 9.17) is 5.11 Å². The third-order valence-electron chi connectivity index (χ3n) is 3.31. The van der Waals surface area contributed by atoms with Gasteiger partial charge in [-0.1, -0.05) is 6.07 Å². The number of benzene rings is 1. The standard InChI is InChI=1S/C13H17NO3/c1-8-11(3-2-4-12(8)16)13(17)14-7-9-5-10(15)6-9/h2-4,9-10,15-16H,5-7H2,1H3,(H,14,17). The fourth-order valence-corrected chi connectivity index (χ4v) is 2.07. The number of phenols is 1. The van der Waals surface area contributed by atoms with Crippen molar-refractivity contribution in [2.45, 2.75) is 25.9 Å². The minimum Gasteiger partial charge on any atom is -0.508 e. The van der Waals surface area contributed by atoms with Gasteiger partial charge < -0.3 is 15.5 Å². The largest absolute Gasteiger partial charge is 0.508 e. The Hall–Kier alpha value is -1.55. The number of amides is 1. The van der Waals surface area contributed by atoms with E-state index >= 15 is 0 Å². The molecule has 3 N–H and O–H groups in total. The molecule has 0 unspecified atom stereocenters. The molecule has 1 aromatic carbocycles. The second-order valence-corrected chi connectivity index (χ2v) is 4.65. The Morgan fingerprint density at radius 3 is 2.82 bits per heavy atom. The molecule has 1 aromatic rings. The van der Waals surface area contributed by atoms with Crippen molar-refractivity contribution in [2.24, 2.45) is 5.92 Å². The fourth-order valence-electron chi connectivity index (χ4n) is 2.07. The molecule has 92 valence electrons. The van der Waals surface area contributed by atoms with Crippen LogP contribution in [0, 0.1) is 12.8 Å². The van der Waals surface area contributed by atoms with E-state index < -0.39 is 0 Å². The molecule has 4 nitrogen and oxygen atoms in total. The Bertz CT molecular complexity index is 425. The summed E-state index contributed by atoms with van der Waals surface area (Å²) in [5.41, 5.74) is 1.10. The predicted octanol–water partition coefficient (Wildman–Crippen LogP) is 1.20. The zero-order chi connectivity index (χ0) is 12.4. The van der Waals surface area contributed by atoms with E-state index in [0.29, 0.717) is 23.6 Å². The highest BCUT2D eigenvalue weighted by Crippen LogP contribution is 2.26. The van der Waals surface area contributed by atoms with Gasteiger partial charge in [0.2, 0.25) is 0 Å². The van der Waals surface area contributed by atoms with Crippen LogP contribution in [0.5, 0.6) is 5.75 Å². The van der Waals surface area contributed by atoms with E-state index in [9.17, 15) is 9.90 Å². The van der Waals surface area contributed by atoms with Gasteiger partial charge in [-0.15, -0.1) is 0 Å². The van der Waals surface area contributed by atoms with Crippen molar-refractivity contribution in [3.05, 3.63) is 29.3 Å². The van der Waals surface area contributed by atoms with Crippen LogP contribution in [0.1, 0.15) is 28.8 Å². The lowest BCUT2D eigenvalue weighted by Gasteiger charge is -2.31. The first-order valence-electron chi connectivity index (χ1n) is 5.82. The average Bonchev–Trinajstić information content (AvgIpc) is 2.26. The molecule has 0 atom stereocenters. The third kappa shape index (κ3) is 2.58. The van der Waals surface area contributed by atoms with Gasteiger partial charge in [0.05, 0.1) is 6.10 Å². The van der Waals surface area contributed by atoms with Gasteiger partial charge in [0.1, 0.15) is 5.75 Å². The zero-order valence-electron chi connectivity index (χ0n) is 9.81. The lowest BCUT2D eigenvalue weighted by Crippen LogP contribution is -2.38. The molecule has 1 saturated carbocycles. The smallest absolute Gasteiger partial charge is 0.251 e. The molecular weight excluding hydrogens is 218 g/mol. The van der Waals surface area contributed by atoms with Crippen LogP contribution in [0.25, 0.3) is 0 Å². The Labute approximate surface area is 100 Å². The van der Waals surface area contributed by atoms with Crippen LogP contribution < -0.4 is 5.32 Å². The monoisotopic (exact) mass is 235 g/mol. The Balaban J connectivity index is 1.93. The predicted molar refractivity (Wildman–Crippen MR) is 63.9 cm³/mol. The number of carbonyl (C=O) groups excluding carboxylic acids is 1. The highest BCUT2D eigenvalue weighted by molar-refractivity contribution is 5.96. The quantitative estimate of drug-likeness (QED) is 0.737. The number of hydrogen-bond donors (Lipinski definition) is 3. The second kappa shape index (κ2) is 4.75. The van der Waals surface area contributed by atoms with Crippen LogP contribution in [0.3, 0.4) is 0 Å². The summed E-state index contributed by atoms with van der Waals surface area (Å²) in [4.78, 5) is 11.9. The molecule has 0 saturated heterocycles. The Morgan fingerprint density at radius 1 is 1.47 bits per heavy atom. The molecule has 2 rings (SSSR count). The maximum Gasteiger partial charge on any atom is 0.251 e. The molecule has 1 aliphatic carbocycles. The molecule has 0 spiro atoms. The maximum atomic E-state index is 11.9. The van der Waals surface area contributed by atoms with E-state index in [-0.39, 0.29) is 17.8 Å². The van der Waals surface area contributed by atoms with Crippen molar-refractivity contribution in [2.75, 3.05) is 6.54 Å². The summed E-state index contributed by atoms with van der Waals surface area (Å²) in [7, 11) is 0. The lowest BCUT2D eigenvalue weighted by molar-refractivity contribution is 0.0420. The molecule has 0 aromatic heterocycles. The minimum atomic E-state index is -0.195. The van der Waals surface area contributed by atoms with Gasteiger partial charge in [0.15, 0.2) is 0 Å². The molecule has 0 bridgehead atoms. The van der Waals surface area contributed by atoms with Crippen molar-refractivity contribution in [3.63, 3.8) is 0 Å². The van der Waals surface area contributed by atoms with Gasteiger partial charge in [0.25, 0.3) is 5.91 Å². The van der Waals surface area contributed by atoms with Crippen molar-refractivity contribution in [3.8, 4) is 5.75 Å². The number of carbonyl (C=O) groups is 1. The first-order chi connectivity index (χ1) is 8.08. The van der Waals surface area contributed by atoms with E-state index in [1.807, 2.05) is 0 Å². The second-order valence-electron chi connectivity index (χ2n) is 4.65. The van der Waals surface area contributed by atoms with E-state index in [0.717, 1.165) is 12.8 Å². The average molecular weight is 235 g/mol. The number of rotatable bonds is 3. The summed E-state index contributed by atoms with van der Waals surface area (Å²) in [6, 6.07) is 4.92. The summed E-state index contributed by atoms with van der Waals surface area (Å²) >= 11 is 0. The van der Waals surface area contributed by atoms with Gasteiger partial charge in [-0.05, 0) is 37.8 Å². The van der Waals surface area contributed by atoms with Gasteiger partial charge in [-0.2, -0.15) is 0 Å². The van der Waals surface area contributed by atoms with Crippen molar-refractivity contribution < 1.29 is 15.0 Å². The van der Waals surface area contributed by atoms with Gasteiger partial charge >= 0.3 is 0 Å². The maximum absolute atomic E-state index is 11.9. The van der Waals surface area contributed by atoms with Gasteiger partial charge in [-0.3, -0.25) is 4.79 Å². The number of aliphatic hydroxyl groups excluding tert-OH is 1. The van der Waals surface area contributed by atoms with Crippen molar-refractivity contribution in [1.29, 1.82) is 0 Å². The summed E-state index contributed by atoms with van der Waals surface area (Å²) in [5.74, 6) is 0.350. The zero-order valence-corrected chi connectivity index (χ0v) is 9.81. The Kier molecular flexibility index (Phi) is 3.33. The molecule has 0 radical (unpaired) electrons. The normalized spacial score (nSPS) is 22.9. The molecule has 1 fully saturated rings. The van der Waals surface area contributed by atoms with Crippen molar-refractivity contribution in [1.82, 2.24) is 5.32 Å². The highest BCUT2D eigenvalue weighted by atomic mass is 16.3. The van der Waals surface area contributed by atoms with Crippen LogP contribution in [0.15, 0.2) is 18.2 Å². The van der Waals surface area contributed by atoms with E-state index in [1.54, 1.807) is 25.1 Å². The van der Waals surface area contributed by atoms with E-state index in [1.165, 1.54) is 0 Å². The number of phenolic OH excluding ortho intramolecular Hbond substituents is 1. The molecule has 4 heteroatoms. The van der Waals surface area contributed by atoms with Crippen LogP contribution in [0.2, 0.25) is 0 Å². The number of hydrogen-bond acceptors (Lipinski definition) is 3. The molecular formula is C13H17NO3. The highest BCUT2D eigenvalue weighted by Gasteiger charge is 2.27. The summed E-state index contributed by atoms with van der Waals surface area (Å²) < 4.78 is 0. The number of nitrogens with one attached hydrogen (secondary N) is 1. The van der Waals surface area contributed by atoms with Crippen molar-refractivity contribution >= 4 is 5.91 Å².